The predicted octanol–water partition coefficient (Wildman–Crippen LogP) is 6.51. The summed E-state index contributed by atoms with van der Waals surface area (Å²) in [7, 11) is 0. The number of fused-ring (bicyclic) bond motifs is 1. The minimum atomic E-state index is -4.60. The first kappa shape index (κ1) is 19.2. The van der Waals surface area contributed by atoms with Crippen LogP contribution in [0.3, 0.4) is 0 Å². The third kappa shape index (κ3) is 3.76. The summed E-state index contributed by atoms with van der Waals surface area (Å²) in [5.74, 6) is -1.04. The number of nitrogens with zero attached hydrogens (tertiary/aromatic N) is 3. The first-order valence-electron chi connectivity index (χ1n) is 8.68. The van der Waals surface area contributed by atoms with Crippen LogP contribution in [0, 0.1) is 11.3 Å². The molecule has 0 saturated carbocycles. The van der Waals surface area contributed by atoms with Crippen LogP contribution in [0.4, 0.5) is 18.9 Å². The molecule has 4 rings (SSSR count). The minimum Gasteiger partial charge on any atom is -0.241 e. The van der Waals surface area contributed by atoms with Gasteiger partial charge in [-0.2, -0.15) is 23.5 Å². The van der Waals surface area contributed by atoms with Crippen molar-refractivity contribution < 1.29 is 13.2 Å². The van der Waals surface area contributed by atoms with Crippen molar-refractivity contribution in [2.45, 2.75) is 12.1 Å². The Bertz CT molecular complexity index is 1170. The van der Waals surface area contributed by atoms with Crippen molar-refractivity contribution in [3.05, 3.63) is 88.5 Å². The van der Waals surface area contributed by atoms with Crippen molar-refractivity contribution in [2.75, 3.05) is 5.01 Å². The van der Waals surface area contributed by atoms with E-state index in [4.69, 9.17) is 5.26 Å². The monoisotopic (exact) mass is 455 g/mol. The molecular weight excluding hydrogens is 443 g/mol. The molecule has 0 radical (unpaired) electrons. The highest BCUT2D eigenvalue weighted by Gasteiger charge is 2.42. The molecule has 1 unspecified atom stereocenters. The average molecular weight is 456 g/mol. The first-order valence-corrected chi connectivity index (χ1v) is 9.48. The molecule has 29 heavy (non-hydrogen) atoms. The van der Waals surface area contributed by atoms with Crippen LogP contribution < -0.4 is 5.01 Å². The normalized spacial score (nSPS) is 16.6. The van der Waals surface area contributed by atoms with Crippen molar-refractivity contribution in [1.29, 1.82) is 5.26 Å². The molecule has 0 saturated heterocycles. The topological polar surface area (TPSA) is 39.4 Å². The molecule has 3 aromatic carbocycles. The summed E-state index contributed by atoms with van der Waals surface area (Å²) in [6.07, 6.45) is -1.59. The van der Waals surface area contributed by atoms with E-state index in [1.165, 1.54) is 41.6 Å². The Hall–Kier alpha value is -3.11. The minimum absolute atomic E-state index is 0.390. The summed E-state index contributed by atoms with van der Waals surface area (Å²) >= 11 is 3.48. The van der Waals surface area contributed by atoms with Gasteiger partial charge in [0.05, 0.1) is 23.2 Å². The lowest BCUT2D eigenvalue weighted by Crippen LogP contribution is -2.34. The number of halogens is 4. The van der Waals surface area contributed by atoms with Gasteiger partial charge in [0.2, 0.25) is 0 Å². The van der Waals surface area contributed by atoms with E-state index in [-0.39, 0.29) is 0 Å². The summed E-state index contributed by atoms with van der Waals surface area (Å²) < 4.78 is 42.1. The fourth-order valence-corrected chi connectivity index (χ4v) is 3.86. The highest BCUT2D eigenvalue weighted by molar-refractivity contribution is 9.10. The number of hydrogen-bond donors (Lipinski definition) is 0. The van der Waals surface area contributed by atoms with Gasteiger partial charge in [0, 0.05) is 10.7 Å². The Morgan fingerprint density at radius 3 is 2.45 bits per heavy atom. The van der Waals surface area contributed by atoms with Crippen LogP contribution in [-0.2, 0) is 0 Å². The number of benzene rings is 3. The molecule has 3 aromatic rings. The number of nitriles is 1. The van der Waals surface area contributed by atoms with Crippen LogP contribution in [0.1, 0.15) is 17.0 Å². The Kier molecular flexibility index (Phi) is 4.89. The SMILES string of the molecule is N#Cc1ccc(C2C=CN(c3cc(Br)c4ccccc4c3)N=C2C(F)(F)F)cc1. The molecule has 0 N–H and O–H groups in total. The highest BCUT2D eigenvalue weighted by Crippen LogP contribution is 2.36. The predicted molar refractivity (Wildman–Crippen MR) is 111 cm³/mol. The Labute approximate surface area is 173 Å². The summed E-state index contributed by atoms with van der Waals surface area (Å²) in [4.78, 5) is 0. The summed E-state index contributed by atoms with van der Waals surface area (Å²) in [5.41, 5.74) is 0.429. The number of rotatable bonds is 2. The zero-order chi connectivity index (χ0) is 20.6. The fraction of sp³-hybridized carbons (Fsp3) is 0.0909. The first-order chi connectivity index (χ1) is 13.9. The molecule has 144 valence electrons. The maximum atomic E-state index is 13.8. The van der Waals surface area contributed by atoms with Crippen molar-refractivity contribution in [3.63, 3.8) is 0 Å². The van der Waals surface area contributed by atoms with Crippen LogP contribution in [0.15, 0.2) is 82.5 Å². The van der Waals surface area contributed by atoms with E-state index in [2.05, 4.69) is 21.0 Å². The molecule has 0 aromatic heterocycles. The zero-order valence-electron chi connectivity index (χ0n) is 14.9. The third-order valence-electron chi connectivity index (χ3n) is 4.68. The number of hydrazone groups is 1. The van der Waals surface area contributed by atoms with Crippen LogP contribution in [0.25, 0.3) is 10.8 Å². The number of hydrogen-bond acceptors (Lipinski definition) is 3. The van der Waals surface area contributed by atoms with Gasteiger partial charge in [0.25, 0.3) is 0 Å². The van der Waals surface area contributed by atoms with Crippen molar-refractivity contribution >= 4 is 38.1 Å². The molecule has 1 aliphatic rings. The summed E-state index contributed by atoms with van der Waals surface area (Å²) in [6.45, 7) is 0. The summed E-state index contributed by atoms with van der Waals surface area (Å²) in [6, 6.07) is 19.2. The van der Waals surface area contributed by atoms with Crippen LogP contribution in [0.5, 0.6) is 0 Å². The number of allylic oxidation sites excluding steroid dienone is 1. The maximum absolute atomic E-state index is 13.8. The Morgan fingerprint density at radius 1 is 1.03 bits per heavy atom. The maximum Gasteiger partial charge on any atom is 0.432 e. The molecule has 0 amide bonds. The van der Waals surface area contributed by atoms with Crippen LogP contribution in [-0.4, -0.2) is 11.9 Å². The quantitative estimate of drug-likeness (QED) is 0.441. The van der Waals surface area contributed by atoms with Gasteiger partial charge in [-0.15, -0.1) is 0 Å². The molecule has 3 nitrogen and oxygen atoms in total. The lowest BCUT2D eigenvalue weighted by atomic mass is 9.92. The smallest absolute Gasteiger partial charge is 0.241 e. The lowest BCUT2D eigenvalue weighted by molar-refractivity contribution is -0.0611. The van der Waals surface area contributed by atoms with E-state index in [9.17, 15) is 13.2 Å². The van der Waals surface area contributed by atoms with Gasteiger partial charge in [-0.25, -0.2) is 5.01 Å². The van der Waals surface area contributed by atoms with Gasteiger partial charge in [-0.3, -0.25) is 0 Å². The molecule has 1 aliphatic heterocycles. The Balaban J connectivity index is 1.76. The standard InChI is InChI=1S/C22H13BrF3N3/c23-20-12-17(11-16-3-1-2-4-18(16)20)29-10-9-19(21(28-29)22(24,25)26)15-7-5-14(13-27)6-8-15/h1-12,19H. The zero-order valence-corrected chi connectivity index (χ0v) is 16.4. The van der Waals surface area contributed by atoms with Crippen molar-refractivity contribution in [1.82, 2.24) is 0 Å². The van der Waals surface area contributed by atoms with Crippen molar-refractivity contribution in [2.24, 2.45) is 5.10 Å². The molecule has 1 heterocycles. The van der Waals surface area contributed by atoms with Gasteiger partial charge >= 0.3 is 6.18 Å². The van der Waals surface area contributed by atoms with Crippen LogP contribution in [0.2, 0.25) is 0 Å². The third-order valence-corrected chi connectivity index (χ3v) is 5.34. The van der Waals surface area contributed by atoms with Gasteiger partial charge in [-0.1, -0.05) is 58.4 Å². The number of anilines is 1. The summed E-state index contributed by atoms with van der Waals surface area (Å²) in [5, 5.41) is 15.9. The molecule has 1 atom stereocenters. The molecule has 0 spiro atoms. The second kappa shape index (κ2) is 7.37. The van der Waals surface area contributed by atoms with E-state index in [0.717, 1.165) is 15.2 Å². The Morgan fingerprint density at radius 2 is 1.76 bits per heavy atom. The average Bonchev–Trinajstić information content (AvgIpc) is 2.73. The van der Waals surface area contributed by atoms with E-state index < -0.39 is 17.8 Å². The highest BCUT2D eigenvalue weighted by atomic mass is 79.9. The van der Waals surface area contributed by atoms with Gasteiger partial charge in [0.1, 0.15) is 0 Å². The van der Waals surface area contributed by atoms with E-state index >= 15 is 0 Å². The van der Waals surface area contributed by atoms with E-state index in [1.54, 1.807) is 12.1 Å². The van der Waals surface area contributed by atoms with Crippen molar-refractivity contribution in [3.8, 4) is 6.07 Å². The second-order valence-electron chi connectivity index (χ2n) is 6.53. The van der Waals surface area contributed by atoms with Gasteiger partial charge < -0.3 is 0 Å². The molecule has 7 heteroatoms. The van der Waals surface area contributed by atoms with Gasteiger partial charge in [0.15, 0.2) is 5.71 Å². The largest absolute Gasteiger partial charge is 0.432 e. The fourth-order valence-electron chi connectivity index (χ4n) is 3.26. The van der Waals surface area contributed by atoms with E-state index in [0.29, 0.717) is 16.8 Å². The molecule has 0 bridgehead atoms. The molecule has 0 aliphatic carbocycles. The molecular formula is C22H13BrF3N3. The second-order valence-corrected chi connectivity index (χ2v) is 7.38. The van der Waals surface area contributed by atoms with E-state index in [1.807, 2.05) is 30.3 Å². The molecule has 0 fully saturated rings. The van der Waals surface area contributed by atoms with Crippen LogP contribution >= 0.6 is 15.9 Å². The van der Waals surface area contributed by atoms with Gasteiger partial charge in [-0.05, 0) is 40.6 Å². The number of alkyl halides is 3. The lowest BCUT2D eigenvalue weighted by Gasteiger charge is -2.27.